The molecule has 1 saturated heterocycles. The van der Waals surface area contributed by atoms with Gasteiger partial charge in [-0.15, -0.1) is 0 Å². The molecule has 0 aliphatic carbocycles. The zero-order valence-electron chi connectivity index (χ0n) is 13.7. The second-order valence-electron chi connectivity index (χ2n) is 6.18. The van der Waals surface area contributed by atoms with Crippen molar-refractivity contribution >= 4 is 5.91 Å². The first-order valence-electron chi connectivity index (χ1n) is 8.10. The van der Waals surface area contributed by atoms with E-state index in [9.17, 15) is 4.79 Å². The van der Waals surface area contributed by atoms with Crippen molar-refractivity contribution in [1.82, 2.24) is 4.90 Å². The summed E-state index contributed by atoms with van der Waals surface area (Å²) >= 11 is 0. The minimum atomic E-state index is 0.0631. The first-order chi connectivity index (χ1) is 11.2. The van der Waals surface area contributed by atoms with Crippen molar-refractivity contribution in [2.24, 2.45) is 5.92 Å². The van der Waals surface area contributed by atoms with E-state index in [1.54, 1.807) is 14.2 Å². The van der Waals surface area contributed by atoms with Crippen LogP contribution in [-0.4, -0.2) is 31.6 Å². The second kappa shape index (κ2) is 6.49. The quantitative estimate of drug-likeness (QED) is 0.857. The van der Waals surface area contributed by atoms with E-state index in [4.69, 9.17) is 14.7 Å². The Morgan fingerprint density at radius 3 is 2.70 bits per heavy atom. The molecule has 0 bridgehead atoms. The van der Waals surface area contributed by atoms with Crippen molar-refractivity contribution in [2.45, 2.75) is 38.1 Å². The number of rotatable bonds is 4. The maximum Gasteiger partial charge on any atom is 0.223 e. The van der Waals surface area contributed by atoms with E-state index in [0.717, 1.165) is 37.1 Å². The molecule has 5 nitrogen and oxygen atoms in total. The smallest absolute Gasteiger partial charge is 0.223 e. The highest BCUT2D eigenvalue weighted by molar-refractivity contribution is 5.78. The number of hydrogen-bond acceptors (Lipinski definition) is 4. The van der Waals surface area contributed by atoms with Crippen LogP contribution < -0.4 is 9.47 Å². The summed E-state index contributed by atoms with van der Waals surface area (Å²) in [5.74, 6) is 1.99. The SMILES string of the molecule is COc1cc2c(cc1OC)[C@H]1[C@H](CCC#N)CCC(=O)N1CC2. The standard InChI is InChI=1S/C18H22N2O3/c1-22-15-10-13-7-9-20-17(21)6-5-12(4-3-8-19)18(20)14(13)11-16(15)23-2/h10-12,18H,3-7,9H2,1-2H3/t12-,18-/m1/s1. The molecule has 0 spiro atoms. The largest absolute Gasteiger partial charge is 0.493 e. The average Bonchev–Trinajstić information content (AvgIpc) is 2.59. The number of nitriles is 1. The van der Waals surface area contributed by atoms with Gasteiger partial charge in [-0.25, -0.2) is 0 Å². The molecule has 5 heteroatoms. The van der Waals surface area contributed by atoms with E-state index in [1.807, 2.05) is 17.0 Å². The molecule has 1 amide bonds. The van der Waals surface area contributed by atoms with E-state index in [-0.39, 0.29) is 11.9 Å². The number of carbonyl (C=O) groups excluding carboxylic acids is 1. The number of hydrogen-bond donors (Lipinski definition) is 0. The van der Waals surface area contributed by atoms with Gasteiger partial charge in [0.1, 0.15) is 0 Å². The van der Waals surface area contributed by atoms with E-state index in [2.05, 4.69) is 6.07 Å². The van der Waals surface area contributed by atoms with Gasteiger partial charge in [0.15, 0.2) is 11.5 Å². The zero-order valence-corrected chi connectivity index (χ0v) is 13.7. The minimum Gasteiger partial charge on any atom is -0.493 e. The molecule has 2 aliphatic heterocycles. The van der Waals surface area contributed by atoms with Gasteiger partial charge in [0.05, 0.1) is 26.3 Å². The van der Waals surface area contributed by atoms with Gasteiger partial charge in [0.2, 0.25) is 5.91 Å². The Labute approximate surface area is 136 Å². The van der Waals surface area contributed by atoms with Gasteiger partial charge in [-0.3, -0.25) is 4.79 Å². The monoisotopic (exact) mass is 314 g/mol. The van der Waals surface area contributed by atoms with Crippen LogP contribution in [-0.2, 0) is 11.2 Å². The third kappa shape index (κ3) is 2.74. The second-order valence-corrected chi connectivity index (χ2v) is 6.18. The topological polar surface area (TPSA) is 62.6 Å². The van der Waals surface area contributed by atoms with Crippen molar-refractivity contribution < 1.29 is 14.3 Å². The summed E-state index contributed by atoms with van der Waals surface area (Å²) in [6.07, 6.45) is 3.65. The minimum absolute atomic E-state index is 0.0631. The molecule has 3 rings (SSSR count). The summed E-state index contributed by atoms with van der Waals surface area (Å²) in [4.78, 5) is 14.3. The lowest BCUT2D eigenvalue weighted by atomic mass is 9.77. The molecule has 0 saturated carbocycles. The molecule has 1 aromatic rings. The molecule has 1 fully saturated rings. The van der Waals surface area contributed by atoms with Gasteiger partial charge in [0, 0.05) is 19.4 Å². The van der Waals surface area contributed by atoms with E-state index < -0.39 is 0 Å². The number of nitrogens with zero attached hydrogens (tertiary/aromatic N) is 2. The molecule has 1 aromatic carbocycles. The predicted molar refractivity (Wildman–Crippen MR) is 85.3 cm³/mol. The van der Waals surface area contributed by atoms with Crippen LogP contribution >= 0.6 is 0 Å². The molecule has 2 aliphatic rings. The number of carbonyl (C=O) groups is 1. The summed E-state index contributed by atoms with van der Waals surface area (Å²) in [6, 6.07) is 6.35. The summed E-state index contributed by atoms with van der Waals surface area (Å²) < 4.78 is 10.8. The van der Waals surface area contributed by atoms with Gasteiger partial charge in [-0.2, -0.15) is 5.26 Å². The zero-order chi connectivity index (χ0) is 16.4. The predicted octanol–water partition coefficient (Wildman–Crippen LogP) is 2.84. The lowest BCUT2D eigenvalue weighted by Crippen LogP contribution is -2.46. The highest BCUT2D eigenvalue weighted by Gasteiger charge is 2.40. The fraction of sp³-hybridized carbons (Fsp3) is 0.556. The summed E-state index contributed by atoms with van der Waals surface area (Å²) in [5, 5.41) is 8.92. The first-order valence-corrected chi connectivity index (χ1v) is 8.10. The fourth-order valence-corrected chi connectivity index (χ4v) is 3.93. The first kappa shape index (κ1) is 15.7. The van der Waals surface area contributed by atoms with Gasteiger partial charge in [-0.05, 0) is 48.4 Å². The van der Waals surface area contributed by atoms with Crippen molar-refractivity contribution in [2.75, 3.05) is 20.8 Å². The Hall–Kier alpha value is -2.22. The van der Waals surface area contributed by atoms with Crippen molar-refractivity contribution in [3.05, 3.63) is 23.3 Å². The van der Waals surface area contributed by atoms with Crippen LogP contribution in [0.15, 0.2) is 12.1 Å². The summed E-state index contributed by atoms with van der Waals surface area (Å²) in [6.45, 7) is 0.745. The lowest BCUT2D eigenvalue weighted by molar-refractivity contribution is -0.139. The Kier molecular flexibility index (Phi) is 4.42. The maximum atomic E-state index is 12.3. The number of ether oxygens (including phenoxy) is 2. The molecule has 2 heterocycles. The fourth-order valence-electron chi connectivity index (χ4n) is 3.93. The molecule has 0 N–H and O–H groups in total. The number of methoxy groups -OCH3 is 2. The van der Waals surface area contributed by atoms with Crippen molar-refractivity contribution in [3.63, 3.8) is 0 Å². The van der Waals surface area contributed by atoms with E-state index in [0.29, 0.717) is 24.5 Å². The molecule has 122 valence electrons. The number of amides is 1. The van der Waals surface area contributed by atoms with Crippen LogP contribution in [0.1, 0.15) is 42.9 Å². The normalized spacial score (nSPS) is 22.8. The molecule has 23 heavy (non-hydrogen) atoms. The molecule has 0 unspecified atom stereocenters. The van der Waals surface area contributed by atoms with Crippen LogP contribution in [0.2, 0.25) is 0 Å². The van der Waals surface area contributed by atoms with Gasteiger partial charge in [0.25, 0.3) is 0 Å². The highest BCUT2D eigenvalue weighted by Crippen LogP contribution is 2.45. The third-order valence-electron chi connectivity index (χ3n) is 5.04. The van der Waals surface area contributed by atoms with Crippen molar-refractivity contribution in [1.29, 1.82) is 5.26 Å². The van der Waals surface area contributed by atoms with E-state index in [1.165, 1.54) is 5.56 Å². The number of fused-ring (bicyclic) bond motifs is 3. The van der Waals surface area contributed by atoms with Crippen LogP contribution in [0.4, 0.5) is 0 Å². The van der Waals surface area contributed by atoms with Crippen LogP contribution in [0.25, 0.3) is 0 Å². The number of piperidine rings is 1. The molecular weight excluding hydrogens is 292 g/mol. The van der Waals surface area contributed by atoms with Crippen LogP contribution in [0, 0.1) is 17.2 Å². The Morgan fingerprint density at radius 2 is 2.00 bits per heavy atom. The summed E-state index contributed by atoms with van der Waals surface area (Å²) in [7, 11) is 3.27. The third-order valence-corrected chi connectivity index (χ3v) is 5.04. The lowest BCUT2D eigenvalue weighted by Gasteiger charge is -2.45. The van der Waals surface area contributed by atoms with Crippen LogP contribution in [0.3, 0.4) is 0 Å². The Morgan fingerprint density at radius 1 is 1.26 bits per heavy atom. The van der Waals surface area contributed by atoms with Crippen LogP contribution in [0.5, 0.6) is 11.5 Å². The molecule has 2 atom stereocenters. The summed E-state index contributed by atoms with van der Waals surface area (Å²) in [5.41, 5.74) is 2.38. The maximum absolute atomic E-state index is 12.3. The van der Waals surface area contributed by atoms with Gasteiger partial charge in [-0.1, -0.05) is 0 Å². The molecule has 0 radical (unpaired) electrons. The average molecular weight is 314 g/mol. The Balaban J connectivity index is 2.03. The molecular formula is C18H22N2O3. The van der Waals surface area contributed by atoms with Gasteiger partial charge < -0.3 is 14.4 Å². The highest BCUT2D eigenvalue weighted by atomic mass is 16.5. The Bertz CT molecular complexity index is 650. The number of benzene rings is 1. The molecule has 0 aromatic heterocycles. The van der Waals surface area contributed by atoms with E-state index >= 15 is 0 Å². The van der Waals surface area contributed by atoms with Gasteiger partial charge >= 0.3 is 0 Å². The van der Waals surface area contributed by atoms with Crippen molar-refractivity contribution in [3.8, 4) is 17.6 Å².